The van der Waals surface area contributed by atoms with E-state index in [4.69, 9.17) is 5.73 Å². The third-order valence-electron chi connectivity index (χ3n) is 3.45. The third kappa shape index (κ3) is 3.61. The summed E-state index contributed by atoms with van der Waals surface area (Å²) < 4.78 is 0. The van der Waals surface area contributed by atoms with Crippen LogP contribution in [0.1, 0.15) is 25.3 Å². The summed E-state index contributed by atoms with van der Waals surface area (Å²) in [5.41, 5.74) is 7.58. The number of para-hydroxylation sites is 1. The molecule has 0 saturated heterocycles. The Morgan fingerprint density at radius 1 is 1.32 bits per heavy atom. The van der Waals surface area contributed by atoms with Gasteiger partial charge in [0.2, 0.25) is 0 Å². The molecule has 0 aliphatic heterocycles. The summed E-state index contributed by atoms with van der Waals surface area (Å²) in [5, 5.41) is 1.07. The second-order valence-corrected chi connectivity index (χ2v) is 5.08. The Kier molecular flexibility index (Phi) is 4.63. The number of carbonyl (C=O) groups excluding carboxylic acids is 1. The molecule has 19 heavy (non-hydrogen) atoms. The van der Waals surface area contributed by atoms with E-state index in [1.807, 2.05) is 30.3 Å². The van der Waals surface area contributed by atoms with Gasteiger partial charge in [-0.2, -0.15) is 0 Å². The fraction of sp³-hybridized carbons (Fsp3) is 0.375. The van der Waals surface area contributed by atoms with Crippen molar-refractivity contribution in [2.75, 3.05) is 6.54 Å². The van der Waals surface area contributed by atoms with Crippen molar-refractivity contribution in [3.8, 4) is 0 Å². The predicted molar refractivity (Wildman–Crippen MR) is 77.9 cm³/mol. The third-order valence-corrected chi connectivity index (χ3v) is 3.45. The lowest BCUT2D eigenvalue weighted by atomic mass is 9.98. The largest absolute Gasteiger partial charge is 0.330 e. The van der Waals surface area contributed by atoms with Gasteiger partial charge in [-0.1, -0.05) is 25.1 Å². The molecule has 0 amide bonds. The van der Waals surface area contributed by atoms with Gasteiger partial charge in [0.05, 0.1) is 5.52 Å². The van der Waals surface area contributed by atoms with Crippen LogP contribution in [0.15, 0.2) is 36.5 Å². The molecule has 1 atom stereocenters. The Morgan fingerprint density at radius 2 is 2.11 bits per heavy atom. The maximum atomic E-state index is 12.0. The number of pyridine rings is 1. The average molecular weight is 256 g/mol. The molecule has 3 heteroatoms. The first-order valence-electron chi connectivity index (χ1n) is 6.75. The molecule has 2 aromatic rings. The van der Waals surface area contributed by atoms with Crippen molar-refractivity contribution in [3.63, 3.8) is 0 Å². The summed E-state index contributed by atoms with van der Waals surface area (Å²) in [6, 6.07) is 9.87. The fourth-order valence-electron chi connectivity index (χ4n) is 2.14. The number of hydrogen-bond acceptors (Lipinski definition) is 3. The second kappa shape index (κ2) is 6.43. The first-order chi connectivity index (χ1) is 9.20. The highest BCUT2D eigenvalue weighted by Crippen LogP contribution is 2.17. The molecule has 100 valence electrons. The molecule has 3 nitrogen and oxygen atoms in total. The number of aromatic nitrogens is 1. The number of carbonyl (C=O) groups is 1. The quantitative estimate of drug-likeness (QED) is 0.864. The highest BCUT2D eigenvalue weighted by Gasteiger charge is 2.09. The van der Waals surface area contributed by atoms with Crippen molar-refractivity contribution in [2.45, 2.75) is 26.2 Å². The number of ketones is 1. The Hall–Kier alpha value is -1.74. The summed E-state index contributed by atoms with van der Waals surface area (Å²) in [7, 11) is 0. The van der Waals surface area contributed by atoms with E-state index in [9.17, 15) is 4.79 Å². The van der Waals surface area contributed by atoms with Crippen LogP contribution in [0.4, 0.5) is 0 Å². The smallest absolute Gasteiger partial charge is 0.137 e. The molecule has 0 radical (unpaired) electrons. The Morgan fingerprint density at radius 3 is 2.89 bits per heavy atom. The van der Waals surface area contributed by atoms with E-state index in [-0.39, 0.29) is 5.78 Å². The van der Waals surface area contributed by atoms with Gasteiger partial charge < -0.3 is 5.73 Å². The van der Waals surface area contributed by atoms with E-state index < -0.39 is 0 Å². The van der Waals surface area contributed by atoms with Gasteiger partial charge in [0, 0.05) is 24.4 Å². The number of nitrogens with two attached hydrogens (primary N) is 1. The molecular weight excluding hydrogens is 236 g/mol. The normalized spacial score (nSPS) is 12.5. The Balaban J connectivity index is 2.07. The van der Waals surface area contributed by atoms with Crippen molar-refractivity contribution >= 4 is 16.7 Å². The van der Waals surface area contributed by atoms with Crippen LogP contribution >= 0.6 is 0 Å². The molecule has 2 rings (SSSR count). The number of fused-ring (bicyclic) bond motifs is 1. The van der Waals surface area contributed by atoms with Crippen LogP contribution in [-0.2, 0) is 11.2 Å². The predicted octanol–water partition coefficient (Wildman–Crippen LogP) is 2.72. The van der Waals surface area contributed by atoms with Crippen molar-refractivity contribution in [1.82, 2.24) is 4.98 Å². The van der Waals surface area contributed by atoms with E-state index in [0.717, 1.165) is 22.9 Å². The Labute approximate surface area is 113 Å². The van der Waals surface area contributed by atoms with E-state index >= 15 is 0 Å². The zero-order chi connectivity index (χ0) is 13.7. The van der Waals surface area contributed by atoms with Crippen LogP contribution in [0.5, 0.6) is 0 Å². The molecule has 1 aromatic carbocycles. The SMILES string of the molecule is CC(CN)CCC(=O)Cc1ccnc2ccccc12. The first-order valence-corrected chi connectivity index (χ1v) is 6.75. The molecule has 0 spiro atoms. The molecule has 0 aliphatic rings. The molecule has 1 aromatic heterocycles. The van der Waals surface area contributed by atoms with Crippen LogP contribution in [0.2, 0.25) is 0 Å². The fourth-order valence-corrected chi connectivity index (χ4v) is 2.14. The van der Waals surface area contributed by atoms with Crippen molar-refractivity contribution in [1.29, 1.82) is 0 Å². The monoisotopic (exact) mass is 256 g/mol. The molecule has 2 N–H and O–H groups in total. The minimum Gasteiger partial charge on any atom is -0.330 e. The number of rotatable bonds is 6. The van der Waals surface area contributed by atoms with Crippen molar-refractivity contribution < 1.29 is 4.79 Å². The Bertz CT molecular complexity index is 560. The van der Waals surface area contributed by atoms with E-state index in [1.165, 1.54) is 0 Å². The van der Waals surface area contributed by atoms with Crippen molar-refractivity contribution in [3.05, 3.63) is 42.1 Å². The summed E-state index contributed by atoms with van der Waals surface area (Å²) >= 11 is 0. The molecular formula is C16H20N2O. The van der Waals surface area contributed by atoms with Crippen molar-refractivity contribution in [2.24, 2.45) is 11.7 Å². The van der Waals surface area contributed by atoms with Crippen LogP contribution in [0.3, 0.4) is 0 Å². The summed E-state index contributed by atoms with van der Waals surface area (Å²) in [6.07, 6.45) is 3.74. The number of hydrogen-bond donors (Lipinski definition) is 1. The van der Waals surface area contributed by atoms with Crippen LogP contribution in [0.25, 0.3) is 10.9 Å². The second-order valence-electron chi connectivity index (χ2n) is 5.08. The topological polar surface area (TPSA) is 56.0 Å². The lowest BCUT2D eigenvalue weighted by molar-refractivity contribution is -0.118. The van der Waals surface area contributed by atoms with Gasteiger partial charge in [0.15, 0.2) is 0 Å². The summed E-state index contributed by atoms with van der Waals surface area (Å²) in [5.74, 6) is 0.690. The molecule has 1 heterocycles. The lowest BCUT2D eigenvalue weighted by Gasteiger charge is -2.08. The van der Waals surface area contributed by atoms with Crippen LogP contribution < -0.4 is 5.73 Å². The maximum Gasteiger partial charge on any atom is 0.137 e. The maximum absolute atomic E-state index is 12.0. The number of nitrogens with zero attached hydrogens (tertiary/aromatic N) is 1. The minimum absolute atomic E-state index is 0.275. The van der Waals surface area contributed by atoms with E-state index in [0.29, 0.717) is 25.3 Å². The van der Waals surface area contributed by atoms with Gasteiger partial charge in [0.1, 0.15) is 5.78 Å². The standard InChI is InChI=1S/C16H20N2O/c1-12(11-17)6-7-14(19)10-13-8-9-18-16-5-3-2-4-15(13)16/h2-5,8-9,12H,6-7,10-11,17H2,1H3. The van der Waals surface area contributed by atoms with Crippen LogP contribution in [-0.4, -0.2) is 17.3 Å². The van der Waals surface area contributed by atoms with Gasteiger partial charge in [-0.25, -0.2) is 0 Å². The lowest BCUT2D eigenvalue weighted by Crippen LogP contribution is -2.13. The molecule has 0 saturated carbocycles. The molecule has 1 unspecified atom stereocenters. The van der Waals surface area contributed by atoms with E-state index in [1.54, 1.807) is 6.20 Å². The number of Topliss-reactive ketones (excluding diaryl/α,β-unsaturated/α-hetero) is 1. The zero-order valence-electron chi connectivity index (χ0n) is 11.3. The number of benzene rings is 1. The minimum atomic E-state index is 0.275. The van der Waals surface area contributed by atoms with Gasteiger partial charge in [-0.05, 0) is 36.6 Å². The summed E-state index contributed by atoms with van der Waals surface area (Å²) in [6.45, 7) is 2.72. The van der Waals surface area contributed by atoms with Gasteiger partial charge in [0.25, 0.3) is 0 Å². The zero-order valence-corrected chi connectivity index (χ0v) is 11.3. The van der Waals surface area contributed by atoms with Gasteiger partial charge in [-0.15, -0.1) is 0 Å². The van der Waals surface area contributed by atoms with Gasteiger partial charge in [-0.3, -0.25) is 9.78 Å². The highest BCUT2D eigenvalue weighted by molar-refractivity contribution is 5.88. The first kappa shape index (κ1) is 13.7. The molecule has 0 bridgehead atoms. The van der Waals surface area contributed by atoms with E-state index in [2.05, 4.69) is 11.9 Å². The summed E-state index contributed by atoms with van der Waals surface area (Å²) in [4.78, 5) is 16.3. The highest BCUT2D eigenvalue weighted by atomic mass is 16.1. The molecule has 0 fully saturated rings. The molecule has 0 aliphatic carbocycles. The van der Waals surface area contributed by atoms with Gasteiger partial charge >= 0.3 is 0 Å². The van der Waals surface area contributed by atoms with Crippen LogP contribution in [0, 0.1) is 5.92 Å². The average Bonchev–Trinajstić information content (AvgIpc) is 2.45.